The number of carbonyl (C=O) groups is 2. The molecule has 0 spiro atoms. The van der Waals surface area contributed by atoms with Crippen LogP contribution in [0.5, 0.6) is 0 Å². The van der Waals surface area contributed by atoms with E-state index in [-0.39, 0.29) is 38.6 Å². The molecule has 0 aromatic heterocycles. The van der Waals surface area contributed by atoms with Crippen molar-refractivity contribution in [3.63, 3.8) is 0 Å². The second-order valence-corrected chi connectivity index (χ2v) is 17.8. The number of phosphoric acid groups is 1. The van der Waals surface area contributed by atoms with E-state index in [9.17, 15) is 19.0 Å². The Bertz CT molecular complexity index is 948. The van der Waals surface area contributed by atoms with Gasteiger partial charge in [-0.05, 0) is 38.5 Å². The van der Waals surface area contributed by atoms with Crippen molar-refractivity contribution in [2.24, 2.45) is 5.73 Å². The maximum Gasteiger partial charge on any atom is 0.472 e. The van der Waals surface area contributed by atoms with Gasteiger partial charge in [-0.1, -0.05) is 206 Å². The molecule has 0 aliphatic rings. The Morgan fingerprint density at radius 3 is 1.26 bits per heavy atom. The van der Waals surface area contributed by atoms with Gasteiger partial charge in [0.05, 0.1) is 13.2 Å². The van der Waals surface area contributed by atoms with Crippen molar-refractivity contribution in [2.75, 3.05) is 26.4 Å². The quantitative estimate of drug-likeness (QED) is 0.0266. The van der Waals surface area contributed by atoms with E-state index >= 15 is 0 Å². The molecule has 0 amide bonds. The standard InChI is InChI=1S/C47H92NO8P/c1-3-5-7-9-11-13-15-17-19-20-21-22-23-24-26-27-29-31-33-35-37-39-46(49)53-43-45(44-55-57(51,52)54-42-41-48)56-47(50)40-38-36-34-32-30-28-25-18-16-14-12-10-8-6-4-2/h14,16,45H,3-13,15,17-44,48H2,1-2H3,(H,51,52)/t45-/m1/s1. The van der Waals surface area contributed by atoms with Crippen molar-refractivity contribution in [3.8, 4) is 0 Å². The Balaban J connectivity index is 4.02. The molecule has 0 aliphatic carbocycles. The number of phosphoric ester groups is 1. The monoisotopic (exact) mass is 830 g/mol. The van der Waals surface area contributed by atoms with Gasteiger partial charge in [0.1, 0.15) is 6.61 Å². The van der Waals surface area contributed by atoms with Gasteiger partial charge in [-0.3, -0.25) is 18.6 Å². The predicted octanol–water partition coefficient (Wildman–Crippen LogP) is 14.2. The molecule has 0 saturated heterocycles. The highest BCUT2D eigenvalue weighted by molar-refractivity contribution is 7.47. The zero-order valence-corrected chi connectivity index (χ0v) is 38.2. The molecule has 0 aromatic rings. The summed E-state index contributed by atoms with van der Waals surface area (Å²) in [6, 6.07) is 0. The molecular weight excluding hydrogens is 737 g/mol. The molecule has 0 radical (unpaired) electrons. The molecule has 0 saturated carbocycles. The predicted molar refractivity (Wildman–Crippen MR) is 238 cm³/mol. The van der Waals surface area contributed by atoms with E-state index < -0.39 is 26.5 Å². The Morgan fingerprint density at radius 1 is 0.509 bits per heavy atom. The van der Waals surface area contributed by atoms with Gasteiger partial charge < -0.3 is 20.1 Å². The fourth-order valence-corrected chi connectivity index (χ4v) is 7.81. The van der Waals surface area contributed by atoms with Crippen LogP contribution in [0.3, 0.4) is 0 Å². The summed E-state index contributed by atoms with van der Waals surface area (Å²) in [5.74, 6) is -0.819. The SMILES string of the molecule is CCCCCCC=CCCCCCCCCCC(=O)O[C@H](COC(=O)CCCCCCCCCCCCCCCCCCCCCCC)COP(=O)(O)OCCN. The molecule has 9 nitrogen and oxygen atoms in total. The first-order valence-electron chi connectivity index (χ1n) is 24.2. The first-order valence-corrected chi connectivity index (χ1v) is 25.7. The smallest absolute Gasteiger partial charge is 0.462 e. The lowest BCUT2D eigenvalue weighted by molar-refractivity contribution is -0.161. The molecule has 0 fully saturated rings. The number of nitrogens with two attached hydrogens (primary N) is 1. The van der Waals surface area contributed by atoms with Crippen molar-refractivity contribution in [1.29, 1.82) is 0 Å². The fourth-order valence-electron chi connectivity index (χ4n) is 7.04. The molecule has 3 N–H and O–H groups in total. The third-order valence-electron chi connectivity index (χ3n) is 10.7. The van der Waals surface area contributed by atoms with Crippen molar-refractivity contribution in [1.82, 2.24) is 0 Å². The molecule has 0 aromatic carbocycles. The zero-order valence-electron chi connectivity index (χ0n) is 37.3. The van der Waals surface area contributed by atoms with E-state index in [1.54, 1.807) is 0 Å². The Morgan fingerprint density at radius 2 is 0.860 bits per heavy atom. The van der Waals surface area contributed by atoms with Gasteiger partial charge in [-0.25, -0.2) is 4.57 Å². The highest BCUT2D eigenvalue weighted by Gasteiger charge is 2.26. The minimum Gasteiger partial charge on any atom is -0.462 e. The second kappa shape index (κ2) is 44.3. The number of carbonyl (C=O) groups excluding carboxylic acids is 2. The minimum atomic E-state index is -4.37. The van der Waals surface area contributed by atoms with E-state index in [4.69, 9.17) is 24.3 Å². The molecule has 0 rings (SSSR count). The van der Waals surface area contributed by atoms with Gasteiger partial charge >= 0.3 is 19.8 Å². The highest BCUT2D eigenvalue weighted by atomic mass is 31.2. The number of allylic oxidation sites excluding steroid dienone is 2. The lowest BCUT2D eigenvalue weighted by Crippen LogP contribution is -2.29. The molecule has 2 atom stereocenters. The van der Waals surface area contributed by atoms with Gasteiger partial charge in [0.15, 0.2) is 6.10 Å². The van der Waals surface area contributed by atoms with Crippen LogP contribution < -0.4 is 5.73 Å². The fraction of sp³-hybridized carbons (Fsp3) is 0.915. The van der Waals surface area contributed by atoms with Gasteiger partial charge in [-0.2, -0.15) is 0 Å². The van der Waals surface area contributed by atoms with E-state index in [1.165, 1.54) is 167 Å². The molecular formula is C47H92NO8P. The number of hydrogen-bond donors (Lipinski definition) is 2. The largest absolute Gasteiger partial charge is 0.472 e. The number of ether oxygens (including phenoxy) is 2. The molecule has 10 heteroatoms. The summed E-state index contributed by atoms with van der Waals surface area (Å²) in [7, 11) is -4.37. The third-order valence-corrected chi connectivity index (χ3v) is 11.6. The second-order valence-electron chi connectivity index (χ2n) is 16.3. The Hall–Kier alpha value is -1.25. The summed E-state index contributed by atoms with van der Waals surface area (Å²) in [6.07, 6.45) is 46.7. The molecule has 57 heavy (non-hydrogen) atoms. The van der Waals surface area contributed by atoms with Crippen LogP contribution in [0.4, 0.5) is 0 Å². The van der Waals surface area contributed by atoms with Gasteiger partial charge in [0, 0.05) is 19.4 Å². The van der Waals surface area contributed by atoms with Crippen molar-refractivity contribution in [2.45, 2.75) is 251 Å². The number of hydrogen-bond acceptors (Lipinski definition) is 8. The van der Waals surface area contributed by atoms with Crippen molar-refractivity contribution >= 4 is 19.8 Å². The zero-order chi connectivity index (χ0) is 41.8. The maximum atomic E-state index is 12.6. The van der Waals surface area contributed by atoms with E-state index in [2.05, 4.69) is 26.0 Å². The average Bonchev–Trinajstić information content (AvgIpc) is 3.20. The van der Waals surface area contributed by atoms with E-state index in [0.717, 1.165) is 44.9 Å². The normalized spacial score (nSPS) is 13.3. The summed E-state index contributed by atoms with van der Waals surface area (Å²) >= 11 is 0. The summed E-state index contributed by atoms with van der Waals surface area (Å²) in [5.41, 5.74) is 5.36. The third kappa shape index (κ3) is 44.1. The van der Waals surface area contributed by atoms with Crippen LogP contribution in [0.25, 0.3) is 0 Å². The number of rotatable bonds is 46. The Kier molecular flexibility index (Phi) is 43.3. The van der Waals surface area contributed by atoms with Crippen LogP contribution in [0.1, 0.15) is 245 Å². The van der Waals surface area contributed by atoms with Crippen LogP contribution in [-0.2, 0) is 32.7 Å². The Labute approximate surface area is 351 Å². The van der Waals surface area contributed by atoms with E-state index in [1.807, 2.05) is 0 Å². The minimum absolute atomic E-state index is 0.0556. The lowest BCUT2D eigenvalue weighted by atomic mass is 10.0. The molecule has 0 heterocycles. The van der Waals surface area contributed by atoms with E-state index in [0.29, 0.717) is 6.42 Å². The van der Waals surface area contributed by atoms with Crippen LogP contribution in [-0.4, -0.2) is 49.3 Å². The van der Waals surface area contributed by atoms with Crippen LogP contribution in [0, 0.1) is 0 Å². The first-order chi connectivity index (χ1) is 27.8. The maximum absolute atomic E-state index is 12.6. The molecule has 0 bridgehead atoms. The highest BCUT2D eigenvalue weighted by Crippen LogP contribution is 2.43. The van der Waals surface area contributed by atoms with Crippen molar-refractivity contribution in [3.05, 3.63) is 12.2 Å². The van der Waals surface area contributed by atoms with Gasteiger partial charge in [0.25, 0.3) is 0 Å². The first kappa shape index (κ1) is 55.8. The van der Waals surface area contributed by atoms with Crippen LogP contribution in [0.2, 0.25) is 0 Å². The van der Waals surface area contributed by atoms with Gasteiger partial charge in [0.2, 0.25) is 0 Å². The summed E-state index contributed by atoms with van der Waals surface area (Å²) < 4.78 is 32.9. The number of esters is 2. The summed E-state index contributed by atoms with van der Waals surface area (Å²) in [5, 5.41) is 0. The van der Waals surface area contributed by atoms with Crippen molar-refractivity contribution < 1.29 is 37.6 Å². The molecule has 1 unspecified atom stereocenters. The van der Waals surface area contributed by atoms with Crippen LogP contribution >= 0.6 is 7.82 Å². The summed E-state index contributed by atoms with van der Waals surface area (Å²) in [4.78, 5) is 35.0. The van der Waals surface area contributed by atoms with Crippen LogP contribution in [0.15, 0.2) is 12.2 Å². The average molecular weight is 830 g/mol. The van der Waals surface area contributed by atoms with Gasteiger partial charge in [-0.15, -0.1) is 0 Å². The molecule has 0 aliphatic heterocycles. The molecule has 338 valence electrons. The number of unbranched alkanes of at least 4 members (excludes halogenated alkanes) is 31. The lowest BCUT2D eigenvalue weighted by Gasteiger charge is -2.19. The summed E-state index contributed by atoms with van der Waals surface area (Å²) in [6.45, 7) is 3.76. The topological polar surface area (TPSA) is 134 Å².